The van der Waals surface area contributed by atoms with Crippen LogP contribution in [0.15, 0.2) is 58.3 Å². The number of benzene rings is 2. The average molecular weight is 285 g/mol. The van der Waals surface area contributed by atoms with Crippen molar-refractivity contribution < 1.29 is 4.21 Å². The van der Waals surface area contributed by atoms with Crippen LogP contribution in [-0.2, 0) is 10.8 Å². The molecule has 0 spiro atoms. The molecule has 0 aliphatic carbocycles. The molecule has 2 nitrogen and oxygen atoms in total. The SMILES string of the molecule is CC(C)CCN1c2ccccc2S(=O)c2ccccc21. The van der Waals surface area contributed by atoms with E-state index in [0.29, 0.717) is 5.92 Å². The van der Waals surface area contributed by atoms with Gasteiger partial charge in [0.25, 0.3) is 0 Å². The summed E-state index contributed by atoms with van der Waals surface area (Å²) in [7, 11) is -1.07. The van der Waals surface area contributed by atoms with Crippen molar-refractivity contribution in [1.82, 2.24) is 0 Å². The van der Waals surface area contributed by atoms with Crippen molar-refractivity contribution in [3.05, 3.63) is 48.5 Å². The standard InChI is InChI=1S/C17H19NOS/c1-13(2)11-12-18-14-7-3-5-9-16(14)20(19)17-10-6-4-8-15(17)18/h3-10,13H,11-12H2,1-2H3. The topological polar surface area (TPSA) is 20.3 Å². The predicted molar refractivity (Wildman–Crippen MR) is 84.0 cm³/mol. The van der Waals surface area contributed by atoms with Crippen molar-refractivity contribution in [3.63, 3.8) is 0 Å². The molecule has 104 valence electrons. The van der Waals surface area contributed by atoms with Crippen LogP contribution in [0.2, 0.25) is 0 Å². The molecule has 2 aromatic rings. The van der Waals surface area contributed by atoms with Crippen molar-refractivity contribution in [3.8, 4) is 0 Å². The molecule has 0 fully saturated rings. The van der Waals surface area contributed by atoms with Crippen molar-refractivity contribution in [2.45, 2.75) is 30.1 Å². The summed E-state index contributed by atoms with van der Waals surface area (Å²) in [6.45, 7) is 5.43. The number of nitrogens with zero attached hydrogens (tertiary/aromatic N) is 1. The van der Waals surface area contributed by atoms with Gasteiger partial charge in [-0.3, -0.25) is 0 Å². The Balaban J connectivity index is 2.10. The fourth-order valence-corrected chi connectivity index (χ4v) is 3.93. The molecule has 20 heavy (non-hydrogen) atoms. The molecule has 0 N–H and O–H groups in total. The molecule has 0 atom stereocenters. The Morgan fingerprint density at radius 1 is 0.950 bits per heavy atom. The molecule has 1 heterocycles. The van der Waals surface area contributed by atoms with Crippen LogP contribution in [0.1, 0.15) is 20.3 Å². The van der Waals surface area contributed by atoms with E-state index < -0.39 is 10.8 Å². The fraction of sp³-hybridized carbons (Fsp3) is 0.294. The second-order valence-corrected chi connectivity index (χ2v) is 6.96. The first-order chi connectivity index (χ1) is 9.68. The maximum atomic E-state index is 12.7. The van der Waals surface area contributed by atoms with E-state index in [1.165, 1.54) is 0 Å². The van der Waals surface area contributed by atoms with Crippen molar-refractivity contribution >= 4 is 22.2 Å². The molecule has 0 unspecified atom stereocenters. The van der Waals surface area contributed by atoms with Gasteiger partial charge < -0.3 is 4.90 Å². The van der Waals surface area contributed by atoms with E-state index in [2.05, 4.69) is 30.9 Å². The second-order valence-electron chi connectivity index (χ2n) is 5.54. The summed E-state index contributed by atoms with van der Waals surface area (Å²) in [6, 6.07) is 16.1. The van der Waals surface area contributed by atoms with Gasteiger partial charge in [-0.2, -0.15) is 0 Å². The van der Waals surface area contributed by atoms with Gasteiger partial charge in [0.1, 0.15) is 0 Å². The summed E-state index contributed by atoms with van der Waals surface area (Å²) in [5.41, 5.74) is 2.18. The summed E-state index contributed by atoms with van der Waals surface area (Å²) >= 11 is 0. The van der Waals surface area contributed by atoms with Crippen LogP contribution in [-0.4, -0.2) is 10.8 Å². The highest BCUT2D eigenvalue weighted by molar-refractivity contribution is 7.85. The van der Waals surface area contributed by atoms with Gasteiger partial charge in [0.05, 0.1) is 32.0 Å². The Morgan fingerprint density at radius 3 is 1.95 bits per heavy atom. The molecule has 0 aromatic heterocycles. The summed E-state index contributed by atoms with van der Waals surface area (Å²) in [6.07, 6.45) is 1.12. The van der Waals surface area contributed by atoms with Crippen LogP contribution in [0.3, 0.4) is 0 Å². The van der Waals surface area contributed by atoms with Crippen LogP contribution in [0, 0.1) is 5.92 Å². The van der Waals surface area contributed by atoms with Gasteiger partial charge in [0.15, 0.2) is 0 Å². The first-order valence-corrected chi connectivity index (χ1v) is 8.21. The highest BCUT2D eigenvalue weighted by atomic mass is 32.2. The van der Waals surface area contributed by atoms with Crippen LogP contribution in [0.25, 0.3) is 0 Å². The first-order valence-electron chi connectivity index (χ1n) is 7.06. The predicted octanol–water partition coefficient (Wildman–Crippen LogP) is 4.35. The van der Waals surface area contributed by atoms with Crippen LogP contribution >= 0.6 is 0 Å². The quantitative estimate of drug-likeness (QED) is 0.835. The Kier molecular flexibility index (Phi) is 3.62. The number of rotatable bonds is 3. The molecule has 0 saturated carbocycles. The lowest BCUT2D eigenvalue weighted by Gasteiger charge is -2.33. The molecular formula is C17H19NOS. The summed E-state index contributed by atoms with van der Waals surface area (Å²) in [5, 5.41) is 0. The third-order valence-corrected chi connectivity index (χ3v) is 5.13. The monoisotopic (exact) mass is 285 g/mol. The number of hydrogen-bond acceptors (Lipinski definition) is 2. The summed E-state index contributed by atoms with van der Waals surface area (Å²) < 4.78 is 12.7. The molecule has 0 amide bonds. The zero-order valence-corrected chi connectivity index (χ0v) is 12.7. The molecule has 0 radical (unpaired) electrons. The van der Waals surface area contributed by atoms with Crippen LogP contribution in [0.4, 0.5) is 11.4 Å². The van der Waals surface area contributed by atoms with Gasteiger partial charge in [-0.1, -0.05) is 38.1 Å². The van der Waals surface area contributed by atoms with Crippen LogP contribution in [0.5, 0.6) is 0 Å². The van der Waals surface area contributed by atoms with E-state index in [1.54, 1.807) is 0 Å². The zero-order chi connectivity index (χ0) is 14.1. The lowest BCUT2D eigenvalue weighted by atomic mass is 10.1. The number of hydrogen-bond donors (Lipinski definition) is 0. The summed E-state index contributed by atoms with van der Waals surface area (Å²) in [5.74, 6) is 0.654. The normalized spacial score (nSPS) is 14.2. The number of fused-ring (bicyclic) bond motifs is 2. The van der Waals surface area contributed by atoms with Gasteiger partial charge in [-0.15, -0.1) is 0 Å². The lowest BCUT2D eigenvalue weighted by molar-refractivity contribution is 0.588. The minimum Gasteiger partial charge on any atom is -0.339 e. The van der Waals surface area contributed by atoms with Crippen molar-refractivity contribution in [2.75, 3.05) is 11.4 Å². The lowest BCUT2D eigenvalue weighted by Crippen LogP contribution is -2.25. The van der Waals surface area contributed by atoms with Crippen molar-refractivity contribution in [1.29, 1.82) is 0 Å². The Bertz CT molecular complexity index is 601. The number of para-hydroxylation sites is 2. The summed E-state index contributed by atoms with van der Waals surface area (Å²) in [4.78, 5) is 4.16. The largest absolute Gasteiger partial charge is 0.339 e. The van der Waals surface area contributed by atoms with Gasteiger partial charge in [-0.25, -0.2) is 4.21 Å². The molecule has 0 bridgehead atoms. The van der Waals surface area contributed by atoms with E-state index in [9.17, 15) is 4.21 Å². The molecule has 1 aliphatic heterocycles. The Morgan fingerprint density at radius 2 is 1.45 bits per heavy atom. The van der Waals surface area contributed by atoms with E-state index in [-0.39, 0.29) is 0 Å². The molecule has 3 rings (SSSR count). The van der Waals surface area contributed by atoms with E-state index in [4.69, 9.17) is 0 Å². The zero-order valence-electron chi connectivity index (χ0n) is 11.9. The maximum Gasteiger partial charge on any atom is 0.0892 e. The molecule has 3 heteroatoms. The minimum absolute atomic E-state index is 0.654. The van der Waals surface area contributed by atoms with Gasteiger partial charge >= 0.3 is 0 Å². The van der Waals surface area contributed by atoms with E-state index in [1.807, 2.05) is 36.4 Å². The molecule has 2 aromatic carbocycles. The number of anilines is 2. The molecule has 1 aliphatic rings. The van der Waals surface area contributed by atoms with Gasteiger partial charge in [-0.05, 0) is 36.6 Å². The van der Waals surface area contributed by atoms with Crippen molar-refractivity contribution in [2.24, 2.45) is 5.92 Å². The third-order valence-electron chi connectivity index (χ3n) is 3.64. The van der Waals surface area contributed by atoms with Crippen LogP contribution < -0.4 is 4.90 Å². The van der Waals surface area contributed by atoms with E-state index in [0.717, 1.165) is 34.1 Å². The highest BCUT2D eigenvalue weighted by Gasteiger charge is 2.27. The molecular weight excluding hydrogens is 266 g/mol. The maximum absolute atomic E-state index is 12.7. The smallest absolute Gasteiger partial charge is 0.0892 e. The fourth-order valence-electron chi connectivity index (χ4n) is 2.55. The van der Waals surface area contributed by atoms with Gasteiger partial charge in [0, 0.05) is 6.54 Å². The first kappa shape index (κ1) is 13.4. The Labute approximate surface area is 122 Å². The second kappa shape index (κ2) is 5.41. The molecule has 0 saturated heterocycles. The highest BCUT2D eigenvalue weighted by Crippen LogP contribution is 2.41. The average Bonchev–Trinajstić information content (AvgIpc) is 2.47. The van der Waals surface area contributed by atoms with E-state index >= 15 is 0 Å². The third kappa shape index (κ3) is 2.27. The van der Waals surface area contributed by atoms with Gasteiger partial charge in [0.2, 0.25) is 0 Å². The minimum atomic E-state index is -1.07. The Hall–Kier alpha value is -1.61.